The summed E-state index contributed by atoms with van der Waals surface area (Å²) in [6.07, 6.45) is 5.93. The summed E-state index contributed by atoms with van der Waals surface area (Å²) in [5.41, 5.74) is 0. The number of aromatic nitrogens is 2. The van der Waals surface area contributed by atoms with Gasteiger partial charge in [0, 0.05) is 18.3 Å². The van der Waals surface area contributed by atoms with Gasteiger partial charge in [-0.2, -0.15) is 0 Å². The summed E-state index contributed by atoms with van der Waals surface area (Å²) in [5, 5.41) is 11.2. The van der Waals surface area contributed by atoms with Crippen LogP contribution in [-0.4, -0.2) is 22.1 Å². The number of anilines is 1. The second kappa shape index (κ2) is 5.53. The second-order valence-corrected chi connectivity index (χ2v) is 4.80. The molecule has 1 aliphatic rings. The number of alkyl halides is 1. The summed E-state index contributed by atoms with van der Waals surface area (Å²) in [6, 6.07) is 0.936. The molecule has 1 unspecified atom stereocenters. The molecule has 5 heteroatoms. The average Bonchev–Trinajstić information content (AvgIpc) is 2.89. The van der Waals surface area contributed by atoms with Gasteiger partial charge in [0.25, 0.3) is 0 Å². The zero-order valence-corrected chi connectivity index (χ0v) is 10.3. The maximum absolute atomic E-state index is 5.61. The molecule has 2 rings (SSSR count). The van der Waals surface area contributed by atoms with Crippen LogP contribution in [0, 0.1) is 5.92 Å². The van der Waals surface area contributed by atoms with E-state index >= 15 is 0 Å². The van der Waals surface area contributed by atoms with Crippen molar-refractivity contribution in [1.82, 2.24) is 10.2 Å². The zero-order valence-electron chi connectivity index (χ0n) is 9.58. The highest BCUT2D eigenvalue weighted by atomic mass is 35.5. The molecule has 16 heavy (non-hydrogen) atoms. The molecule has 0 saturated heterocycles. The maximum Gasteiger partial charge on any atom is 0.315 e. The van der Waals surface area contributed by atoms with Crippen LogP contribution < -0.4 is 5.32 Å². The molecule has 1 heterocycles. The van der Waals surface area contributed by atoms with Crippen molar-refractivity contribution in [1.29, 1.82) is 0 Å². The van der Waals surface area contributed by atoms with E-state index in [4.69, 9.17) is 16.0 Å². The fourth-order valence-electron chi connectivity index (χ4n) is 2.26. The third-order valence-corrected chi connectivity index (χ3v) is 3.42. The lowest BCUT2D eigenvalue weighted by atomic mass is 10.0. The Morgan fingerprint density at radius 3 is 2.88 bits per heavy atom. The highest BCUT2D eigenvalue weighted by molar-refractivity contribution is 6.17. The summed E-state index contributed by atoms with van der Waals surface area (Å²) >= 11 is 5.61. The van der Waals surface area contributed by atoms with Gasteiger partial charge in [-0.1, -0.05) is 17.9 Å². The Kier molecular flexibility index (Phi) is 4.04. The lowest BCUT2D eigenvalue weighted by Gasteiger charge is -2.18. The lowest BCUT2D eigenvalue weighted by Crippen LogP contribution is -2.23. The van der Waals surface area contributed by atoms with Crippen LogP contribution in [-0.2, 0) is 6.42 Å². The zero-order chi connectivity index (χ0) is 11.4. The van der Waals surface area contributed by atoms with Crippen LogP contribution >= 0.6 is 11.6 Å². The normalized spacial score (nSPS) is 18.9. The summed E-state index contributed by atoms with van der Waals surface area (Å²) < 4.78 is 5.44. The minimum atomic E-state index is 0.409. The third kappa shape index (κ3) is 2.88. The van der Waals surface area contributed by atoms with Crippen molar-refractivity contribution in [3.8, 4) is 0 Å². The van der Waals surface area contributed by atoms with Crippen molar-refractivity contribution >= 4 is 17.6 Å². The molecular weight excluding hydrogens is 226 g/mol. The lowest BCUT2D eigenvalue weighted by molar-refractivity contribution is 0.454. The van der Waals surface area contributed by atoms with E-state index in [1.54, 1.807) is 0 Å². The Bertz CT molecular complexity index is 323. The minimum absolute atomic E-state index is 0.409. The Labute approximate surface area is 101 Å². The quantitative estimate of drug-likeness (QED) is 0.808. The summed E-state index contributed by atoms with van der Waals surface area (Å²) in [5.74, 6) is 1.86. The van der Waals surface area contributed by atoms with Crippen LogP contribution in [0.3, 0.4) is 0 Å². The first-order chi connectivity index (χ1) is 7.79. The van der Waals surface area contributed by atoms with Crippen molar-refractivity contribution in [2.75, 3.05) is 11.2 Å². The molecule has 0 spiro atoms. The second-order valence-electron chi connectivity index (χ2n) is 4.42. The van der Waals surface area contributed by atoms with E-state index in [2.05, 4.69) is 22.4 Å². The van der Waals surface area contributed by atoms with E-state index < -0.39 is 0 Å². The number of hydrogen-bond acceptors (Lipinski definition) is 4. The molecule has 0 aromatic carbocycles. The molecule has 1 aromatic rings. The molecule has 1 aromatic heterocycles. The van der Waals surface area contributed by atoms with E-state index in [0.717, 1.165) is 5.92 Å². The Morgan fingerprint density at radius 1 is 1.44 bits per heavy atom. The predicted molar refractivity (Wildman–Crippen MR) is 63.8 cm³/mol. The van der Waals surface area contributed by atoms with Crippen LogP contribution in [0.4, 0.5) is 6.01 Å². The van der Waals surface area contributed by atoms with Crippen LogP contribution in [0.5, 0.6) is 0 Å². The van der Waals surface area contributed by atoms with Gasteiger partial charge in [-0.25, -0.2) is 0 Å². The first kappa shape index (κ1) is 11.7. The molecule has 1 saturated carbocycles. The first-order valence-corrected chi connectivity index (χ1v) is 6.48. The maximum atomic E-state index is 5.61. The van der Waals surface area contributed by atoms with Crippen molar-refractivity contribution in [2.45, 2.75) is 45.1 Å². The molecule has 0 aliphatic heterocycles. The molecule has 0 radical (unpaired) electrons. The van der Waals surface area contributed by atoms with Gasteiger partial charge in [0.15, 0.2) is 0 Å². The fourth-order valence-corrected chi connectivity index (χ4v) is 2.43. The number of hydrogen-bond donors (Lipinski definition) is 1. The van der Waals surface area contributed by atoms with E-state index in [0.29, 0.717) is 30.2 Å². The topological polar surface area (TPSA) is 51.0 Å². The molecule has 0 amide bonds. The third-order valence-electron chi connectivity index (χ3n) is 3.23. The molecule has 0 bridgehead atoms. The van der Waals surface area contributed by atoms with Gasteiger partial charge in [0.1, 0.15) is 0 Å². The van der Waals surface area contributed by atoms with Crippen LogP contribution in [0.2, 0.25) is 0 Å². The summed E-state index contributed by atoms with van der Waals surface area (Å²) in [6.45, 7) is 2.18. The highest BCUT2D eigenvalue weighted by Gasteiger charge is 2.22. The number of nitrogens with zero attached hydrogens (tertiary/aromatic N) is 2. The molecule has 4 nitrogen and oxygen atoms in total. The van der Waals surface area contributed by atoms with E-state index in [-0.39, 0.29) is 0 Å². The van der Waals surface area contributed by atoms with Crippen LogP contribution in [0.15, 0.2) is 4.42 Å². The Morgan fingerprint density at radius 2 is 2.19 bits per heavy atom. The molecule has 1 fully saturated rings. The standard InChI is InChI=1S/C11H18ClN3O/c1-8(9-4-2-3-5-9)13-11-15-14-10(16-11)6-7-12/h8-9H,2-7H2,1H3,(H,13,15). The largest absolute Gasteiger partial charge is 0.408 e. The highest BCUT2D eigenvalue weighted by Crippen LogP contribution is 2.28. The van der Waals surface area contributed by atoms with E-state index in [1.165, 1.54) is 25.7 Å². The average molecular weight is 244 g/mol. The number of rotatable bonds is 5. The minimum Gasteiger partial charge on any atom is -0.408 e. The summed E-state index contributed by atoms with van der Waals surface area (Å²) in [7, 11) is 0. The van der Waals surface area contributed by atoms with Crippen molar-refractivity contribution < 1.29 is 4.42 Å². The van der Waals surface area contributed by atoms with E-state index in [9.17, 15) is 0 Å². The SMILES string of the molecule is CC(Nc1nnc(CCCl)o1)C1CCCC1. The molecule has 1 N–H and O–H groups in total. The smallest absolute Gasteiger partial charge is 0.315 e. The number of aryl methyl sites for hydroxylation is 1. The Balaban J connectivity index is 1.87. The van der Waals surface area contributed by atoms with Gasteiger partial charge in [0.05, 0.1) is 0 Å². The molecule has 1 atom stereocenters. The van der Waals surface area contributed by atoms with Gasteiger partial charge < -0.3 is 9.73 Å². The van der Waals surface area contributed by atoms with E-state index in [1.807, 2.05) is 0 Å². The van der Waals surface area contributed by atoms with Gasteiger partial charge in [-0.3, -0.25) is 0 Å². The molecule has 90 valence electrons. The van der Waals surface area contributed by atoms with Crippen molar-refractivity contribution in [3.63, 3.8) is 0 Å². The van der Waals surface area contributed by atoms with Gasteiger partial charge in [-0.15, -0.1) is 16.7 Å². The summed E-state index contributed by atoms with van der Waals surface area (Å²) in [4.78, 5) is 0. The van der Waals surface area contributed by atoms with Crippen molar-refractivity contribution in [2.24, 2.45) is 5.92 Å². The Hall–Kier alpha value is -0.770. The van der Waals surface area contributed by atoms with Crippen LogP contribution in [0.25, 0.3) is 0 Å². The van der Waals surface area contributed by atoms with Crippen LogP contribution in [0.1, 0.15) is 38.5 Å². The first-order valence-electron chi connectivity index (χ1n) is 5.94. The number of halogens is 1. The van der Waals surface area contributed by atoms with Crippen molar-refractivity contribution in [3.05, 3.63) is 5.89 Å². The van der Waals surface area contributed by atoms with Gasteiger partial charge in [0.2, 0.25) is 5.89 Å². The number of nitrogens with one attached hydrogen (secondary N) is 1. The monoisotopic (exact) mass is 243 g/mol. The van der Waals surface area contributed by atoms with Gasteiger partial charge in [-0.05, 0) is 25.7 Å². The van der Waals surface area contributed by atoms with Gasteiger partial charge >= 0.3 is 6.01 Å². The molecular formula is C11H18ClN3O. The fraction of sp³-hybridized carbons (Fsp3) is 0.818. The molecule has 1 aliphatic carbocycles. The predicted octanol–water partition coefficient (Wildman–Crippen LogP) is 2.84.